The highest BCUT2D eigenvalue weighted by atomic mass is 35.5. The number of rotatable bonds is 7. The number of anilines is 1. The number of amides is 1. The van der Waals surface area contributed by atoms with Crippen molar-refractivity contribution < 1.29 is 14.3 Å². The van der Waals surface area contributed by atoms with Crippen LogP contribution < -0.4 is 5.32 Å². The normalized spacial score (nSPS) is 10.2. The van der Waals surface area contributed by atoms with E-state index >= 15 is 0 Å². The summed E-state index contributed by atoms with van der Waals surface area (Å²) in [7, 11) is 0. The molecule has 0 aliphatic carbocycles. The van der Waals surface area contributed by atoms with E-state index in [-0.39, 0.29) is 12.5 Å². The summed E-state index contributed by atoms with van der Waals surface area (Å²) in [5.41, 5.74) is 1.95. The molecule has 0 saturated heterocycles. The number of carbonyl (C=O) groups excluding carboxylic acids is 2. The topological polar surface area (TPSA) is 79.2 Å². The molecule has 1 heterocycles. The number of esters is 1. The van der Waals surface area contributed by atoms with Gasteiger partial charge in [-0.15, -0.1) is 11.3 Å². The lowest BCUT2D eigenvalue weighted by atomic mass is 10.1. The summed E-state index contributed by atoms with van der Waals surface area (Å²) in [5.74, 6) is -0.665. The summed E-state index contributed by atoms with van der Waals surface area (Å²) < 4.78 is 4.99. The Balaban J connectivity index is 1.97. The van der Waals surface area contributed by atoms with E-state index in [9.17, 15) is 14.9 Å². The van der Waals surface area contributed by atoms with Crippen LogP contribution in [0, 0.1) is 18.3 Å². The zero-order valence-corrected chi connectivity index (χ0v) is 16.2. The van der Waals surface area contributed by atoms with Gasteiger partial charge in [-0.2, -0.15) is 5.26 Å². The third-order valence-electron chi connectivity index (χ3n) is 3.75. The number of nitriles is 1. The van der Waals surface area contributed by atoms with Crippen LogP contribution in [0.4, 0.5) is 5.00 Å². The fourth-order valence-electron chi connectivity index (χ4n) is 2.42. The molecule has 0 unspecified atom stereocenters. The minimum absolute atomic E-state index is 0.188. The molecule has 1 aromatic carbocycles. The Hall–Kier alpha value is -2.36. The van der Waals surface area contributed by atoms with Gasteiger partial charge >= 0.3 is 5.97 Å². The van der Waals surface area contributed by atoms with Gasteiger partial charge in [-0.25, -0.2) is 4.79 Å². The molecule has 1 amide bonds. The molecule has 0 spiro atoms. The first kappa shape index (κ1) is 20.0. The number of thiophene rings is 1. The van der Waals surface area contributed by atoms with Gasteiger partial charge in [0.25, 0.3) is 0 Å². The first-order chi connectivity index (χ1) is 12.5. The molecule has 0 bridgehead atoms. The van der Waals surface area contributed by atoms with Gasteiger partial charge in [0.05, 0.1) is 12.2 Å². The smallest absolute Gasteiger partial charge is 0.348 e. The van der Waals surface area contributed by atoms with Crippen molar-refractivity contribution in [3.63, 3.8) is 0 Å². The van der Waals surface area contributed by atoms with Crippen molar-refractivity contribution in [1.29, 1.82) is 5.26 Å². The number of ether oxygens (including phenoxy) is 1. The van der Waals surface area contributed by atoms with E-state index in [0.717, 1.165) is 23.3 Å². The van der Waals surface area contributed by atoms with Gasteiger partial charge in [-0.05, 0) is 49.9 Å². The molecule has 5 nitrogen and oxygen atoms in total. The van der Waals surface area contributed by atoms with Crippen LogP contribution in [0.5, 0.6) is 0 Å². The predicted molar refractivity (Wildman–Crippen MR) is 103 cm³/mol. The maximum Gasteiger partial charge on any atom is 0.348 e. The zero-order chi connectivity index (χ0) is 19.1. The Bertz CT molecular complexity index is 838. The molecule has 2 aromatic rings. The first-order valence-corrected chi connectivity index (χ1v) is 9.40. The second-order valence-electron chi connectivity index (χ2n) is 5.62. The Morgan fingerprint density at radius 2 is 2.00 bits per heavy atom. The molecule has 0 aliphatic rings. The third kappa shape index (κ3) is 5.07. The highest BCUT2D eigenvalue weighted by Gasteiger charge is 2.22. The minimum atomic E-state index is -0.477. The van der Waals surface area contributed by atoms with Crippen molar-refractivity contribution in [2.45, 2.75) is 33.1 Å². The number of halogens is 1. The van der Waals surface area contributed by atoms with Gasteiger partial charge in [0.1, 0.15) is 15.9 Å². The van der Waals surface area contributed by atoms with Crippen molar-refractivity contribution >= 4 is 39.8 Å². The average Bonchev–Trinajstić information content (AvgIpc) is 2.92. The molecule has 0 aliphatic heterocycles. The lowest BCUT2D eigenvalue weighted by Gasteiger charge is -2.04. The lowest BCUT2D eigenvalue weighted by molar-refractivity contribution is -0.116. The number of nitrogens with zero attached hydrogens (tertiary/aromatic N) is 1. The van der Waals surface area contributed by atoms with Gasteiger partial charge in [0, 0.05) is 11.4 Å². The van der Waals surface area contributed by atoms with Crippen LogP contribution in [0.1, 0.15) is 46.1 Å². The van der Waals surface area contributed by atoms with E-state index in [1.165, 1.54) is 0 Å². The minimum Gasteiger partial charge on any atom is -0.462 e. The van der Waals surface area contributed by atoms with Gasteiger partial charge in [0.15, 0.2) is 0 Å². The maximum absolute atomic E-state index is 12.2. The lowest BCUT2D eigenvalue weighted by Crippen LogP contribution is -2.11. The van der Waals surface area contributed by atoms with Gasteiger partial charge in [-0.1, -0.05) is 23.7 Å². The van der Waals surface area contributed by atoms with E-state index in [1.54, 1.807) is 13.8 Å². The van der Waals surface area contributed by atoms with E-state index in [4.69, 9.17) is 16.3 Å². The van der Waals surface area contributed by atoms with Crippen molar-refractivity contribution in [2.75, 3.05) is 11.9 Å². The molecule has 0 atom stereocenters. The number of nitrogens with one attached hydrogen (secondary N) is 1. The summed E-state index contributed by atoms with van der Waals surface area (Å²) >= 11 is 6.92. The van der Waals surface area contributed by atoms with Crippen LogP contribution in [0.2, 0.25) is 5.02 Å². The van der Waals surface area contributed by atoms with Crippen LogP contribution >= 0.6 is 22.9 Å². The van der Waals surface area contributed by atoms with Gasteiger partial charge in [-0.3, -0.25) is 4.79 Å². The number of hydrogen-bond acceptors (Lipinski definition) is 5. The highest BCUT2D eigenvalue weighted by molar-refractivity contribution is 7.18. The molecule has 1 N–H and O–H groups in total. The van der Waals surface area contributed by atoms with E-state index in [2.05, 4.69) is 5.32 Å². The van der Waals surface area contributed by atoms with Gasteiger partial charge in [0.2, 0.25) is 5.91 Å². The molecule has 0 saturated carbocycles. The Labute approximate surface area is 161 Å². The van der Waals surface area contributed by atoms with Crippen LogP contribution in [-0.2, 0) is 16.0 Å². The molecule has 7 heteroatoms. The standard InChI is InChI=1S/C19H19ClN2O3S/c1-3-25-19(24)17-12(2)15(11-21)18(26-17)22-16(23)6-4-5-13-7-9-14(20)10-8-13/h7-10H,3-6H2,1-2H3,(H,22,23). The monoisotopic (exact) mass is 390 g/mol. The van der Waals surface area contributed by atoms with E-state index in [0.29, 0.717) is 38.9 Å². The molecular formula is C19H19ClN2O3S. The van der Waals surface area contributed by atoms with Crippen LogP contribution in [0.3, 0.4) is 0 Å². The summed E-state index contributed by atoms with van der Waals surface area (Å²) in [4.78, 5) is 24.5. The first-order valence-electron chi connectivity index (χ1n) is 8.21. The van der Waals surface area contributed by atoms with Crippen molar-refractivity contribution in [1.82, 2.24) is 0 Å². The van der Waals surface area contributed by atoms with Crippen LogP contribution in [0.15, 0.2) is 24.3 Å². The maximum atomic E-state index is 12.2. The molecule has 26 heavy (non-hydrogen) atoms. The molecule has 2 rings (SSSR count). The third-order valence-corrected chi connectivity index (χ3v) is 5.19. The molecule has 1 aromatic heterocycles. The number of carbonyl (C=O) groups is 2. The molecule has 136 valence electrons. The van der Waals surface area contributed by atoms with Crippen LogP contribution in [-0.4, -0.2) is 18.5 Å². The SMILES string of the molecule is CCOC(=O)c1sc(NC(=O)CCCc2ccc(Cl)cc2)c(C#N)c1C. The molecular weight excluding hydrogens is 372 g/mol. The number of benzene rings is 1. The molecule has 0 radical (unpaired) electrons. The highest BCUT2D eigenvalue weighted by Crippen LogP contribution is 2.33. The Morgan fingerprint density at radius 1 is 1.31 bits per heavy atom. The summed E-state index contributed by atoms with van der Waals surface area (Å²) in [5, 5.41) is 13.1. The fraction of sp³-hybridized carbons (Fsp3) is 0.316. The quantitative estimate of drug-likeness (QED) is 0.693. The van der Waals surface area contributed by atoms with Gasteiger partial charge < -0.3 is 10.1 Å². The fourth-order valence-corrected chi connectivity index (χ4v) is 3.61. The predicted octanol–water partition coefficient (Wildman–Crippen LogP) is 4.72. The summed E-state index contributed by atoms with van der Waals surface area (Å²) in [6.45, 7) is 3.65. The van der Waals surface area contributed by atoms with E-state index < -0.39 is 5.97 Å². The number of aryl methyl sites for hydroxylation is 1. The zero-order valence-electron chi connectivity index (χ0n) is 14.6. The van der Waals surface area contributed by atoms with Crippen molar-refractivity contribution in [3.8, 4) is 6.07 Å². The summed E-state index contributed by atoms with van der Waals surface area (Å²) in [6.07, 6.45) is 1.75. The Kier molecular flexibility index (Phi) is 7.19. The summed E-state index contributed by atoms with van der Waals surface area (Å²) in [6, 6.07) is 9.56. The Morgan fingerprint density at radius 3 is 2.62 bits per heavy atom. The second-order valence-corrected chi connectivity index (χ2v) is 7.08. The average molecular weight is 391 g/mol. The largest absolute Gasteiger partial charge is 0.462 e. The van der Waals surface area contributed by atoms with Crippen LogP contribution in [0.25, 0.3) is 0 Å². The van der Waals surface area contributed by atoms with E-state index in [1.807, 2.05) is 30.3 Å². The van der Waals surface area contributed by atoms with Crippen molar-refractivity contribution in [2.24, 2.45) is 0 Å². The van der Waals surface area contributed by atoms with Crippen molar-refractivity contribution in [3.05, 3.63) is 50.9 Å². The second kappa shape index (κ2) is 9.37. The number of hydrogen-bond donors (Lipinski definition) is 1. The molecule has 0 fully saturated rings.